The van der Waals surface area contributed by atoms with E-state index in [1.807, 2.05) is 30.5 Å². The molecule has 0 amide bonds. The fourth-order valence-electron chi connectivity index (χ4n) is 1.81. The molecule has 0 saturated heterocycles. The minimum atomic E-state index is 0.0733. The zero-order valence-corrected chi connectivity index (χ0v) is 10.9. The molecule has 2 rings (SSSR count). The molecule has 0 spiro atoms. The predicted octanol–water partition coefficient (Wildman–Crippen LogP) is 2.82. The molecule has 2 aromatic rings. The van der Waals surface area contributed by atoms with Gasteiger partial charge in [0.15, 0.2) is 0 Å². The van der Waals surface area contributed by atoms with Gasteiger partial charge in [-0.05, 0) is 24.3 Å². The standard InChI is InChI=1S/C14H11ClN4/c15-13-1-2-14-12(7-13)3-5-19(14)6-4-18-10-11(8-16)9-17/h1-3,5,7,10,18H,4,6H2. The number of fused-ring (bicyclic) bond motifs is 1. The van der Waals surface area contributed by atoms with Crippen LogP contribution in [0.4, 0.5) is 0 Å². The van der Waals surface area contributed by atoms with Gasteiger partial charge in [-0.2, -0.15) is 10.5 Å². The van der Waals surface area contributed by atoms with Crippen molar-refractivity contribution >= 4 is 22.5 Å². The number of aromatic nitrogens is 1. The van der Waals surface area contributed by atoms with Gasteiger partial charge in [0.1, 0.15) is 17.7 Å². The summed E-state index contributed by atoms with van der Waals surface area (Å²) in [4.78, 5) is 0. The number of rotatable bonds is 4. The highest BCUT2D eigenvalue weighted by Gasteiger charge is 2.00. The Morgan fingerprint density at radius 1 is 1.32 bits per heavy atom. The highest BCUT2D eigenvalue weighted by molar-refractivity contribution is 6.31. The molecule has 0 aliphatic rings. The van der Waals surface area contributed by atoms with Gasteiger partial charge < -0.3 is 9.88 Å². The van der Waals surface area contributed by atoms with Gasteiger partial charge in [-0.25, -0.2) is 0 Å². The maximum atomic E-state index is 8.58. The van der Waals surface area contributed by atoms with Gasteiger partial charge in [-0.15, -0.1) is 0 Å². The quantitative estimate of drug-likeness (QED) is 0.686. The van der Waals surface area contributed by atoms with Crippen LogP contribution in [0.2, 0.25) is 5.02 Å². The smallest absolute Gasteiger partial charge is 0.145 e. The molecule has 0 aliphatic carbocycles. The second kappa shape index (κ2) is 5.95. The van der Waals surface area contributed by atoms with Gasteiger partial charge >= 0.3 is 0 Å². The third kappa shape index (κ3) is 3.07. The van der Waals surface area contributed by atoms with Gasteiger partial charge in [0, 0.05) is 41.4 Å². The number of halogens is 1. The largest absolute Gasteiger partial charge is 0.387 e. The van der Waals surface area contributed by atoms with Crippen molar-refractivity contribution in [1.82, 2.24) is 9.88 Å². The number of hydrogen-bond acceptors (Lipinski definition) is 3. The molecule has 0 fully saturated rings. The summed E-state index contributed by atoms with van der Waals surface area (Å²) in [5.74, 6) is 0. The third-order valence-corrected chi connectivity index (χ3v) is 2.95. The van der Waals surface area contributed by atoms with E-state index >= 15 is 0 Å². The summed E-state index contributed by atoms with van der Waals surface area (Å²) in [5, 5.41) is 21.9. The Morgan fingerprint density at radius 3 is 2.84 bits per heavy atom. The summed E-state index contributed by atoms with van der Waals surface area (Å²) in [6.07, 6.45) is 3.42. The maximum absolute atomic E-state index is 8.58. The summed E-state index contributed by atoms with van der Waals surface area (Å²) in [5.41, 5.74) is 1.18. The topological polar surface area (TPSA) is 64.5 Å². The van der Waals surface area contributed by atoms with Crippen molar-refractivity contribution in [2.45, 2.75) is 6.54 Å². The molecule has 0 unspecified atom stereocenters. The second-order valence-corrected chi connectivity index (χ2v) is 4.38. The average Bonchev–Trinajstić information content (AvgIpc) is 2.81. The number of hydrogen-bond donors (Lipinski definition) is 1. The molecule has 0 radical (unpaired) electrons. The first-order valence-corrected chi connectivity index (χ1v) is 6.10. The van der Waals surface area contributed by atoms with E-state index in [0.717, 1.165) is 22.5 Å². The lowest BCUT2D eigenvalue weighted by molar-refractivity contribution is 0.680. The molecule has 0 bridgehead atoms. The molecular formula is C14H11ClN4. The number of nitrogens with zero attached hydrogens (tertiary/aromatic N) is 3. The minimum absolute atomic E-state index is 0.0733. The van der Waals surface area contributed by atoms with Crippen molar-refractivity contribution < 1.29 is 0 Å². The molecule has 19 heavy (non-hydrogen) atoms. The van der Waals surface area contributed by atoms with Crippen LogP contribution >= 0.6 is 11.6 Å². The van der Waals surface area contributed by atoms with Crippen molar-refractivity contribution in [1.29, 1.82) is 10.5 Å². The Morgan fingerprint density at radius 2 is 2.11 bits per heavy atom. The Balaban J connectivity index is 2.02. The monoisotopic (exact) mass is 270 g/mol. The number of nitrogens with one attached hydrogen (secondary N) is 1. The number of nitriles is 2. The average molecular weight is 271 g/mol. The molecule has 4 nitrogen and oxygen atoms in total. The van der Waals surface area contributed by atoms with Crippen molar-refractivity contribution in [2.24, 2.45) is 0 Å². The highest BCUT2D eigenvalue weighted by Crippen LogP contribution is 2.20. The molecular weight excluding hydrogens is 260 g/mol. The second-order valence-electron chi connectivity index (χ2n) is 3.95. The Bertz CT molecular complexity index is 684. The molecule has 5 heteroatoms. The van der Waals surface area contributed by atoms with E-state index in [0.29, 0.717) is 6.54 Å². The van der Waals surface area contributed by atoms with Gasteiger partial charge in [0.05, 0.1) is 0 Å². The predicted molar refractivity (Wildman–Crippen MR) is 74.3 cm³/mol. The van der Waals surface area contributed by atoms with Gasteiger partial charge in [-0.3, -0.25) is 0 Å². The van der Waals surface area contributed by atoms with Crippen molar-refractivity contribution in [3.05, 3.63) is 47.3 Å². The van der Waals surface area contributed by atoms with Gasteiger partial charge in [-0.1, -0.05) is 11.6 Å². The van der Waals surface area contributed by atoms with E-state index in [2.05, 4.69) is 9.88 Å². The van der Waals surface area contributed by atoms with E-state index in [1.54, 1.807) is 12.1 Å². The van der Waals surface area contributed by atoms with Gasteiger partial charge in [0.2, 0.25) is 0 Å². The Hall–Kier alpha value is -2.43. The molecule has 0 aliphatic heterocycles. The molecule has 1 aromatic carbocycles. The maximum Gasteiger partial charge on any atom is 0.145 e. The van der Waals surface area contributed by atoms with Crippen molar-refractivity contribution in [2.75, 3.05) is 6.54 Å². The summed E-state index contributed by atoms with van der Waals surface area (Å²) >= 11 is 5.93. The first kappa shape index (κ1) is 13.0. The van der Waals surface area contributed by atoms with Crippen LogP contribution < -0.4 is 5.32 Å². The lowest BCUT2D eigenvalue weighted by Crippen LogP contribution is -2.14. The Labute approximate surface area is 116 Å². The third-order valence-electron chi connectivity index (χ3n) is 2.72. The van der Waals surface area contributed by atoms with Crippen LogP contribution in [-0.2, 0) is 6.54 Å². The van der Waals surface area contributed by atoms with Crippen LogP contribution in [0.15, 0.2) is 42.2 Å². The van der Waals surface area contributed by atoms with Crippen LogP contribution in [0.3, 0.4) is 0 Å². The molecule has 1 N–H and O–H groups in total. The SMILES string of the molecule is N#CC(C#N)=CNCCn1ccc2cc(Cl)ccc21. The lowest BCUT2D eigenvalue weighted by atomic mass is 10.2. The first-order valence-electron chi connectivity index (χ1n) is 5.73. The van der Waals surface area contributed by atoms with E-state index in [1.165, 1.54) is 6.20 Å². The van der Waals surface area contributed by atoms with Crippen LogP contribution in [0.1, 0.15) is 0 Å². The molecule has 0 saturated carbocycles. The van der Waals surface area contributed by atoms with Crippen molar-refractivity contribution in [3.8, 4) is 12.1 Å². The van der Waals surface area contributed by atoms with Crippen LogP contribution in [-0.4, -0.2) is 11.1 Å². The highest BCUT2D eigenvalue weighted by atomic mass is 35.5. The molecule has 94 valence electrons. The normalized spacial score (nSPS) is 9.63. The minimum Gasteiger partial charge on any atom is -0.387 e. The first-order chi connectivity index (χ1) is 9.24. The summed E-state index contributed by atoms with van der Waals surface area (Å²) < 4.78 is 2.09. The number of benzene rings is 1. The van der Waals surface area contributed by atoms with E-state index in [-0.39, 0.29) is 5.57 Å². The van der Waals surface area contributed by atoms with E-state index in [9.17, 15) is 0 Å². The Kier molecular flexibility index (Phi) is 4.07. The molecule has 0 atom stereocenters. The molecule has 1 aromatic heterocycles. The zero-order valence-electron chi connectivity index (χ0n) is 10.1. The number of allylic oxidation sites excluding steroid dienone is 1. The summed E-state index contributed by atoms with van der Waals surface area (Å²) in [7, 11) is 0. The fraction of sp³-hybridized carbons (Fsp3) is 0.143. The summed E-state index contributed by atoms with van der Waals surface area (Å²) in [6, 6.07) is 11.4. The summed E-state index contributed by atoms with van der Waals surface area (Å²) in [6.45, 7) is 1.38. The van der Waals surface area contributed by atoms with Crippen LogP contribution in [0.25, 0.3) is 10.9 Å². The van der Waals surface area contributed by atoms with Crippen LogP contribution in [0.5, 0.6) is 0 Å². The molecule has 1 heterocycles. The zero-order chi connectivity index (χ0) is 13.7. The van der Waals surface area contributed by atoms with Gasteiger partial charge in [0.25, 0.3) is 0 Å². The van der Waals surface area contributed by atoms with E-state index < -0.39 is 0 Å². The lowest BCUT2D eigenvalue weighted by Gasteiger charge is -2.05. The van der Waals surface area contributed by atoms with Crippen LogP contribution in [0, 0.1) is 22.7 Å². The van der Waals surface area contributed by atoms with Crippen molar-refractivity contribution in [3.63, 3.8) is 0 Å². The van der Waals surface area contributed by atoms with E-state index in [4.69, 9.17) is 22.1 Å². The fourth-order valence-corrected chi connectivity index (χ4v) is 2.00.